The quantitative estimate of drug-likeness (QED) is 0.146. The first-order chi connectivity index (χ1) is 29.6. The predicted molar refractivity (Wildman–Crippen MR) is 247 cm³/mol. The summed E-state index contributed by atoms with van der Waals surface area (Å²) in [6.07, 6.45) is 28.5. The highest BCUT2D eigenvalue weighted by molar-refractivity contribution is 7.91. The van der Waals surface area contributed by atoms with Gasteiger partial charge in [0.1, 0.15) is 33.5 Å². The van der Waals surface area contributed by atoms with Crippen LogP contribution >= 0.6 is 0 Å². The van der Waals surface area contributed by atoms with Gasteiger partial charge in [-0.05, 0) is 192 Å². The van der Waals surface area contributed by atoms with Gasteiger partial charge in [0.2, 0.25) is 5.88 Å². The van der Waals surface area contributed by atoms with Crippen LogP contribution in [0.15, 0.2) is 53.8 Å². The van der Waals surface area contributed by atoms with Gasteiger partial charge in [0.25, 0.3) is 0 Å². The SMILES string of the molecule is C#C[C@@]12CC[C@@]3(NCCC4(O)CCC(S(C)(=O)=O)CC4)CC[C@@H](C(=C)C)[C@@H]3[C@H]1CC[C@@H]1[C@@]3(C)CC=C(C4=CC[C@@](COc5ncccc5C#N)(C(=O)O)CC4)C(C)(C)[C@@H]3CC[C@]12C. The van der Waals surface area contributed by atoms with Crippen LogP contribution in [0.25, 0.3) is 0 Å². The number of aliphatic hydroxyl groups is 1. The minimum atomic E-state index is -3.10. The van der Waals surface area contributed by atoms with E-state index in [-0.39, 0.29) is 44.9 Å². The Kier molecular flexibility index (Phi) is 11.8. The number of fused-ring (bicyclic) bond motifs is 7. The molecule has 7 aliphatic carbocycles. The molecule has 0 aromatic carbocycles. The molecule has 3 N–H and O–H groups in total. The van der Waals surface area contributed by atoms with E-state index in [0.717, 1.165) is 57.8 Å². The number of nitrogens with one attached hydrogen (secondary N) is 1. The number of aliphatic carboxylic acids is 1. The predicted octanol–water partition coefficient (Wildman–Crippen LogP) is 9.77. The molecule has 0 aliphatic heterocycles. The van der Waals surface area contributed by atoms with Gasteiger partial charge in [0, 0.05) is 23.4 Å². The zero-order chi connectivity index (χ0) is 45.4. The number of carboxylic acid groups (broad SMARTS) is 1. The third kappa shape index (κ3) is 7.36. The van der Waals surface area contributed by atoms with Gasteiger partial charge in [-0.2, -0.15) is 5.26 Å². The molecule has 0 spiro atoms. The van der Waals surface area contributed by atoms with Gasteiger partial charge in [0.15, 0.2) is 0 Å². The van der Waals surface area contributed by atoms with Crippen LogP contribution in [-0.2, 0) is 14.6 Å². The van der Waals surface area contributed by atoms with Crippen molar-refractivity contribution in [2.24, 2.45) is 56.7 Å². The monoisotopic (exact) mass is 880 g/mol. The lowest BCUT2D eigenvalue weighted by molar-refractivity contribution is -0.205. The van der Waals surface area contributed by atoms with Crippen LogP contribution in [-0.4, -0.2) is 65.4 Å². The Morgan fingerprint density at radius 2 is 1.75 bits per heavy atom. The second-order valence-corrected chi connectivity index (χ2v) is 25.1. The molecule has 10 atom stereocenters. The van der Waals surface area contributed by atoms with E-state index >= 15 is 0 Å². The molecule has 0 saturated heterocycles. The highest BCUT2D eigenvalue weighted by Gasteiger charge is 2.71. The molecule has 0 bridgehead atoms. The number of aromatic nitrogens is 1. The van der Waals surface area contributed by atoms with Crippen molar-refractivity contribution in [3.63, 3.8) is 0 Å². The van der Waals surface area contributed by atoms with E-state index in [1.54, 1.807) is 18.3 Å². The number of pyridine rings is 1. The largest absolute Gasteiger partial charge is 0.481 e. The third-order valence-electron chi connectivity index (χ3n) is 19.6. The summed E-state index contributed by atoms with van der Waals surface area (Å²) < 4.78 is 30.4. The van der Waals surface area contributed by atoms with Gasteiger partial charge < -0.3 is 20.3 Å². The van der Waals surface area contributed by atoms with Crippen molar-refractivity contribution < 1.29 is 28.2 Å². The van der Waals surface area contributed by atoms with Gasteiger partial charge >= 0.3 is 5.97 Å². The summed E-state index contributed by atoms with van der Waals surface area (Å²) in [5.74, 6) is 5.04. The van der Waals surface area contributed by atoms with Gasteiger partial charge in [-0.15, -0.1) is 6.42 Å². The molecule has 63 heavy (non-hydrogen) atoms. The van der Waals surface area contributed by atoms with Crippen molar-refractivity contribution in [1.29, 1.82) is 5.26 Å². The van der Waals surface area contributed by atoms with Crippen LogP contribution in [0.2, 0.25) is 0 Å². The number of allylic oxidation sites excluding steroid dienone is 5. The van der Waals surface area contributed by atoms with Crippen LogP contribution < -0.4 is 10.1 Å². The molecule has 1 aromatic heterocycles. The van der Waals surface area contributed by atoms with Crippen molar-refractivity contribution in [1.82, 2.24) is 10.3 Å². The van der Waals surface area contributed by atoms with Crippen molar-refractivity contribution >= 4 is 15.8 Å². The first-order valence-corrected chi connectivity index (χ1v) is 26.0. The number of hydrogen-bond acceptors (Lipinski definition) is 8. The number of ether oxygens (including phenoxy) is 1. The average molecular weight is 880 g/mol. The van der Waals surface area contributed by atoms with Crippen LogP contribution in [0.5, 0.6) is 5.88 Å². The second kappa shape index (κ2) is 16.2. The van der Waals surface area contributed by atoms with Gasteiger partial charge in [0.05, 0.1) is 10.9 Å². The normalized spacial score (nSPS) is 41.8. The summed E-state index contributed by atoms with van der Waals surface area (Å²) >= 11 is 0. The van der Waals surface area contributed by atoms with Crippen LogP contribution in [0, 0.1) is 80.3 Å². The number of terminal acetylenes is 1. The van der Waals surface area contributed by atoms with Crippen molar-refractivity contribution in [3.8, 4) is 24.3 Å². The van der Waals surface area contributed by atoms with E-state index in [9.17, 15) is 28.7 Å². The Morgan fingerprint density at radius 3 is 2.38 bits per heavy atom. The molecule has 1 aromatic rings. The Labute approximate surface area is 377 Å². The molecule has 5 saturated carbocycles. The molecule has 0 amide bonds. The fraction of sp³-hybridized carbons (Fsp3) is 0.717. The summed E-state index contributed by atoms with van der Waals surface area (Å²) in [5.41, 5.74) is 1.93. The number of sulfone groups is 1. The zero-order valence-electron chi connectivity index (χ0n) is 38.9. The molecule has 0 radical (unpaired) electrons. The second-order valence-electron chi connectivity index (χ2n) is 22.8. The summed E-state index contributed by atoms with van der Waals surface area (Å²) in [4.78, 5) is 17.0. The molecule has 10 heteroatoms. The molecule has 1 heterocycles. The van der Waals surface area contributed by atoms with Crippen LogP contribution in [0.1, 0.15) is 149 Å². The molecule has 7 aliphatic rings. The lowest BCUT2D eigenvalue weighted by Crippen LogP contribution is -2.68. The molecular weight excluding hydrogens is 807 g/mol. The number of nitrogens with zero attached hydrogens (tertiary/aromatic N) is 2. The van der Waals surface area contributed by atoms with Crippen molar-refractivity contribution in [3.05, 3.63) is 59.3 Å². The zero-order valence-corrected chi connectivity index (χ0v) is 39.7. The van der Waals surface area contributed by atoms with E-state index in [4.69, 9.17) is 11.2 Å². The highest BCUT2D eigenvalue weighted by atomic mass is 32.2. The van der Waals surface area contributed by atoms with Crippen molar-refractivity contribution in [2.75, 3.05) is 19.4 Å². The topological polar surface area (TPSA) is 150 Å². The number of hydrogen-bond donors (Lipinski definition) is 3. The van der Waals surface area contributed by atoms with Crippen LogP contribution in [0.3, 0.4) is 0 Å². The number of rotatable bonds is 11. The van der Waals surface area contributed by atoms with Gasteiger partial charge in [-0.25, -0.2) is 13.4 Å². The average Bonchev–Trinajstić information content (AvgIpc) is 3.63. The van der Waals surface area contributed by atoms with Gasteiger partial charge in [-0.3, -0.25) is 4.79 Å². The molecule has 0 unspecified atom stereocenters. The molecule has 8 rings (SSSR count). The van der Waals surface area contributed by atoms with E-state index in [0.29, 0.717) is 93.1 Å². The maximum Gasteiger partial charge on any atom is 0.313 e. The first kappa shape index (κ1) is 46.1. The summed E-state index contributed by atoms with van der Waals surface area (Å²) in [5, 5.41) is 35.5. The summed E-state index contributed by atoms with van der Waals surface area (Å²) in [6.45, 7) is 17.5. The van der Waals surface area contributed by atoms with E-state index in [2.05, 4.69) is 75.6 Å². The molecule has 9 nitrogen and oxygen atoms in total. The number of carbonyl (C=O) groups is 1. The highest BCUT2D eigenvalue weighted by Crippen LogP contribution is 2.76. The van der Waals surface area contributed by atoms with E-state index in [1.165, 1.54) is 23.0 Å². The Hall–Kier alpha value is -3.44. The molecule has 5 fully saturated rings. The smallest absolute Gasteiger partial charge is 0.313 e. The lowest BCUT2D eigenvalue weighted by Gasteiger charge is -2.71. The Balaban J connectivity index is 1.02. The fourth-order valence-corrected chi connectivity index (χ4v) is 17.3. The summed E-state index contributed by atoms with van der Waals surface area (Å²) in [7, 11) is -3.10. The standard InChI is InChI=1S/C53H73N3O6S/c1-9-52-28-29-53(56-32-30-51(59)25-16-38(17-26-51)63(8,60)61)27-18-39(35(2)3)44(53)41(52)12-13-43-48(6)21-19-40(47(4,5)42(48)20-22-49(43,52)7)36-14-23-50(24-15-36,46(57)58)34-62-45-37(33-54)11-10-31-55-45/h1,10-11,14,19,31,38-39,41-44,56,59H,2,12-13,15-18,20-30,32,34H2,3-8H3,(H,57,58)/t38?,39-,41+,42-,43+,44+,48-,49+,50+,51?,52+,53-/m0/s1. The minimum Gasteiger partial charge on any atom is -0.481 e. The minimum absolute atomic E-state index is 0.0245. The molecule has 342 valence electrons. The van der Waals surface area contributed by atoms with Gasteiger partial charge in [-0.1, -0.05) is 57.9 Å². The Morgan fingerprint density at radius 1 is 1.00 bits per heavy atom. The van der Waals surface area contributed by atoms with Crippen molar-refractivity contribution in [2.45, 2.75) is 160 Å². The maximum absolute atomic E-state index is 12.8. The van der Waals surface area contributed by atoms with E-state index < -0.39 is 26.8 Å². The first-order valence-electron chi connectivity index (χ1n) is 24.1. The maximum atomic E-state index is 12.8. The lowest BCUT2D eigenvalue weighted by atomic mass is 9.32. The molecular formula is C53H73N3O6S. The number of carboxylic acids is 1. The van der Waals surface area contributed by atoms with Crippen LogP contribution in [0.4, 0.5) is 0 Å². The number of nitriles is 1. The Bertz CT molecular complexity index is 2260. The fourth-order valence-electron chi connectivity index (χ4n) is 16.3. The third-order valence-corrected chi connectivity index (χ3v) is 21.3. The van der Waals surface area contributed by atoms with E-state index in [1.807, 2.05) is 0 Å². The summed E-state index contributed by atoms with van der Waals surface area (Å²) in [6, 6.07) is 5.40.